The van der Waals surface area contributed by atoms with Crippen LogP contribution in [0.5, 0.6) is 0 Å². The number of anilines is 1. The Morgan fingerprint density at radius 2 is 1.96 bits per heavy atom. The number of aliphatic hydroxyl groups excluding tert-OH is 1. The fraction of sp³-hybridized carbons (Fsp3) is 0.0625. The second-order valence-electron chi connectivity index (χ2n) is 5.42. The summed E-state index contributed by atoms with van der Waals surface area (Å²) < 4.78 is 1.48. The first-order chi connectivity index (χ1) is 12.4. The van der Waals surface area contributed by atoms with E-state index in [2.05, 4.69) is 20.6 Å². The van der Waals surface area contributed by atoms with Crippen LogP contribution in [0.2, 0.25) is 0 Å². The number of nitrogens with zero attached hydrogens (tertiary/aromatic N) is 4. The first-order valence-corrected chi connectivity index (χ1v) is 7.40. The highest BCUT2D eigenvalue weighted by molar-refractivity contribution is 6.07. The molecule has 10 heteroatoms. The van der Waals surface area contributed by atoms with Crippen LogP contribution in [0.4, 0.5) is 5.69 Å². The van der Waals surface area contributed by atoms with Crippen molar-refractivity contribution in [2.75, 3.05) is 5.73 Å². The van der Waals surface area contributed by atoms with Gasteiger partial charge in [0.1, 0.15) is 0 Å². The number of aliphatic hydroxyl groups is 1. The molecule has 2 heterocycles. The maximum Gasteiger partial charge on any atom is 0.337 e. The van der Waals surface area contributed by atoms with E-state index in [1.54, 1.807) is 24.3 Å². The molecule has 0 amide bonds. The number of rotatable bonds is 6. The Labute approximate surface area is 146 Å². The van der Waals surface area contributed by atoms with Gasteiger partial charge in [0, 0.05) is 24.5 Å². The highest BCUT2D eigenvalue weighted by Crippen LogP contribution is 2.16. The Kier molecular flexibility index (Phi) is 4.48. The lowest BCUT2D eigenvalue weighted by Crippen LogP contribution is -2.08. The van der Waals surface area contributed by atoms with Gasteiger partial charge in [0.2, 0.25) is 11.6 Å². The Hall–Kier alpha value is -3.95. The van der Waals surface area contributed by atoms with Crippen LogP contribution in [0.25, 0.3) is 5.76 Å². The van der Waals surface area contributed by atoms with Crippen molar-refractivity contribution < 1.29 is 19.8 Å². The fourth-order valence-electron chi connectivity index (χ4n) is 2.32. The minimum Gasteiger partial charge on any atom is -0.504 e. The van der Waals surface area contributed by atoms with Crippen molar-refractivity contribution in [2.24, 2.45) is 0 Å². The summed E-state index contributed by atoms with van der Waals surface area (Å²) in [4.78, 5) is 23.8. The smallest absolute Gasteiger partial charge is 0.337 e. The number of aromatic amines is 1. The van der Waals surface area contributed by atoms with Gasteiger partial charge in [-0.2, -0.15) is 5.21 Å². The molecule has 26 heavy (non-hydrogen) atoms. The van der Waals surface area contributed by atoms with E-state index >= 15 is 0 Å². The number of nitrogen functional groups attached to an aromatic ring is 1. The van der Waals surface area contributed by atoms with E-state index < -0.39 is 17.5 Å². The van der Waals surface area contributed by atoms with Gasteiger partial charge in [0.25, 0.3) is 0 Å². The van der Waals surface area contributed by atoms with Gasteiger partial charge in [0.05, 0.1) is 11.3 Å². The first kappa shape index (κ1) is 16.9. The van der Waals surface area contributed by atoms with E-state index in [4.69, 9.17) is 5.73 Å². The number of nitrogens with two attached hydrogens (primary N) is 1. The molecule has 1 aromatic carbocycles. The number of tetrazole rings is 1. The first-order valence-electron chi connectivity index (χ1n) is 7.40. The van der Waals surface area contributed by atoms with Crippen LogP contribution in [-0.2, 0) is 6.54 Å². The van der Waals surface area contributed by atoms with E-state index in [-0.39, 0.29) is 23.6 Å². The number of aromatic nitrogens is 5. The van der Waals surface area contributed by atoms with Crippen molar-refractivity contribution in [3.63, 3.8) is 0 Å². The molecule has 0 radical (unpaired) electrons. The molecule has 0 unspecified atom stereocenters. The van der Waals surface area contributed by atoms with E-state index in [0.717, 1.165) is 11.6 Å². The predicted octanol–water partition coefficient (Wildman–Crippen LogP) is 1.11. The molecule has 0 saturated carbocycles. The summed E-state index contributed by atoms with van der Waals surface area (Å²) in [5, 5.41) is 31.7. The van der Waals surface area contributed by atoms with Crippen LogP contribution >= 0.6 is 0 Å². The molecule has 0 bridgehead atoms. The highest BCUT2D eigenvalue weighted by Gasteiger charge is 2.17. The maximum absolute atomic E-state index is 12.5. The van der Waals surface area contributed by atoms with Gasteiger partial charge in [-0.3, -0.25) is 4.79 Å². The monoisotopic (exact) mass is 354 g/mol. The minimum absolute atomic E-state index is 0.0451. The number of hydrogen-bond donors (Lipinski definition) is 4. The molecule has 132 valence electrons. The molecule has 0 fully saturated rings. The number of carboxylic acid groups (broad SMARTS) is 1. The third-order valence-electron chi connectivity index (χ3n) is 3.57. The van der Waals surface area contributed by atoms with E-state index in [9.17, 15) is 19.8 Å². The molecular formula is C16H14N6O4. The summed E-state index contributed by atoms with van der Waals surface area (Å²) in [5.41, 5.74) is 7.12. The number of nitrogens with one attached hydrogen (secondary N) is 1. The fourth-order valence-corrected chi connectivity index (χ4v) is 2.32. The number of carbonyl (C=O) groups excluding carboxylic acids is 1. The zero-order chi connectivity index (χ0) is 18.7. The lowest BCUT2D eigenvalue weighted by molar-refractivity contribution is 0.0696. The van der Waals surface area contributed by atoms with Crippen molar-refractivity contribution in [1.82, 2.24) is 25.2 Å². The summed E-state index contributed by atoms with van der Waals surface area (Å²) in [7, 11) is 0. The number of benzene rings is 1. The standard InChI is InChI=1S/C16H14N6O4/c17-11-3-1-9(2-4-11)7-22-8-10(16(25)26)5-12(22)13(23)6-14(24)15-18-20-21-19-15/h1-6,8,24H,7,17H2,(H,25,26)(H,18,19,20,21). The largest absolute Gasteiger partial charge is 0.504 e. The van der Waals surface area contributed by atoms with Gasteiger partial charge in [-0.1, -0.05) is 12.1 Å². The van der Waals surface area contributed by atoms with Crippen LogP contribution in [0, 0.1) is 0 Å². The van der Waals surface area contributed by atoms with E-state index in [1.807, 2.05) is 0 Å². The second kappa shape index (κ2) is 6.89. The van der Waals surface area contributed by atoms with Crippen molar-refractivity contribution in [2.45, 2.75) is 6.54 Å². The summed E-state index contributed by atoms with van der Waals surface area (Å²) in [5.74, 6) is -2.40. The number of carboxylic acids is 1. The Morgan fingerprint density at radius 3 is 2.58 bits per heavy atom. The highest BCUT2D eigenvalue weighted by atomic mass is 16.4. The van der Waals surface area contributed by atoms with Crippen LogP contribution in [-0.4, -0.2) is 47.2 Å². The quantitative estimate of drug-likeness (QED) is 0.222. The molecule has 3 rings (SSSR count). The zero-order valence-corrected chi connectivity index (χ0v) is 13.3. The van der Waals surface area contributed by atoms with E-state index in [1.165, 1.54) is 16.8 Å². The van der Waals surface area contributed by atoms with Crippen LogP contribution in [0.1, 0.15) is 32.2 Å². The number of H-pyrrole nitrogens is 1. The minimum atomic E-state index is -1.17. The van der Waals surface area contributed by atoms with E-state index in [0.29, 0.717) is 5.69 Å². The van der Waals surface area contributed by atoms with Crippen molar-refractivity contribution >= 4 is 23.2 Å². The van der Waals surface area contributed by atoms with Crippen molar-refractivity contribution in [3.8, 4) is 0 Å². The Bertz CT molecular complexity index is 973. The number of ketones is 1. The van der Waals surface area contributed by atoms with Crippen LogP contribution in [0.15, 0.2) is 42.6 Å². The van der Waals surface area contributed by atoms with Gasteiger partial charge in [-0.25, -0.2) is 4.79 Å². The van der Waals surface area contributed by atoms with Crippen molar-refractivity contribution in [3.05, 3.63) is 65.2 Å². The van der Waals surface area contributed by atoms with Gasteiger partial charge in [-0.15, -0.1) is 10.2 Å². The summed E-state index contributed by atoms with van der Waals surface area (Å²) >= 11 is 0. The number of allylic oxidation sites excluding steroid dienone is 1. The molecule has 0 aliphatic rings. The third-order valence-corrected chi connectivity index (χ3v) is 3.57. The zero-order valence-electron chi connectivity index (χ0n) is 13.3. The Balaban J connectivity index is 1.94. The predicted molar refractivity (Wildman–Crippen MR) is 90.5 cm³/mol. The third kappa shape index (κ3) is 3.59. The molecule has 3 aromatic rings. The van der Waals surface area contributed by atoms with Gasteiger partial charge in [-0.05, 0) is 29.0 Å². The maximum atomic E-state index is 12.5. The molecule has 10 nitrogen and oxygen atoms in total. The molecule has 0 atom stereocenters. The normalized spacial score (nSPS) is 11.5. The van der Waals surface area contributed by atoms with Gasteiger partial charge in [0.15, 0.2) is 5.76 Å². The molecule has 0 spiro atoms. The molecular weight excluding hydrogens is 340 g/mol. The molecule has 5 N–H and O–H groups in total. The topological polar surface area (TPSA) is 160 Å². The van der Waals surface area contributed by atoms with Gasteiger partial charge < -0.3 is 20.5 Å². The molecule has 0 saturated heterocycles. The van der Waals surface area contributed by atoms with Crippen LogP contribution in [0.3, 0.4) is 0 Å². The lowest BCUT2D eigenvalue weighted by Gasteiger charge is -2.07. The molecule has 0 aliphatic heterocycles. The number of hydrogen-bond acceptors (Lipinski definition) is 7. The second-order valence-corrected chi connectivity index (χ2v) is 5.42. The molecule has 0 aliphatic carbocycles. The lowest BCUT2D eigenvalue weighted by atomic mass is 10.2. The van der Waals surface area contributed by atoms with Crippen LogP contribution < -0.4 is 5.73 Å². The molecule has 2 aromatic heterocycles. The van der Waals surface area contributed by atoms with Gasteiger partial charge >= 0.3 is 5.97 Å². The number of carbonyl (C=O) groups is 2. The summed E-state index contributed by atoms with van der Waals surface area (Å²) in [6, 6.07) is 8.20. The summed E-state index contributed by atoms with van der Waals surface area (Å²) in [6.07, 6.45) is 2.26. The average Bonchev–Trinajstić information content (AvgIpc) is 3.26. The number of aromatic carboxylic acids is 1. The SMILES string of the molecule is Nc1ccc(Cn2cc(C(=O)O)cc2C(=O)C=C(O)c2nn[nH]n2)cc1. The summed E-state index contributed by atoms with van der Waals surface area (Å²) in [6.45, 7) is 0.255. The van der Waals surface area contributed by atoms with Crippen molar-refractivity contribution in [1.29, 1.82) is 0 Å². The average molecular weight is 354 g/mol. The Morgan fingerprint density at radius 1 is 1.23 bits per heavy atom.